The van der Waals surface area contributed by atoms with Gasteiger partial charge in [0.05, 0.1) is 13.2 Å². The number of para-hydroxylation sites is 1. The van der Waals surface area contributed by atoms with Crippen LogP contribution >= 0.6 is 0 Å². The van der Waals surface area contributed by atoms with Crippen molar-refractivity contribution in [1.29, 1.82) is 0 Å². The summed E-state index contributed by atoms with van der Waals surface area (Å²) >= 11 is 0. The summed E-state index contributed by atoms with van der Waals surface area (Å²) in [4.78, 5) is 38.3. The number of morpholine rings is 1. The minimum absolute atomic E-state index is 0.115. The number of benzene rings is 1. The molecule has 0 spiro atoms. The van der Waals surface area contributed by atoms with Gasteiger partial charge in [-0.2, -0.15) is 0 Å². The zero-order valence-electron chi connectivity index (χ0n) is 13.3. The van der Waals surface area contributed by atoms with Crippen LogP contribution in [0.1, 0.15) is 17.3 Å². The van der Waals surface area contributed by atoms with Gasteiger partial charge in [-0.05, 0) is 19.1 Å². The van der Waals surface area contributed by atoms with Gasteiger partial charge < -0.3 is 19.4 Å². The van der Waals surface area contributed by atoms with Crippen molar-refractivity contribution in [3.8, 4) is 0 Å². The average Bonchev–Trinajstić information content (AvgIpc) is 2.61. The summed E-state index contributed by atoms with van der Waals surface area (Å²) < 4.78 is 10.3. The second-order valence-electron chi connectivity index (χ2n) is 5.62. The number of hydrogen-bond acceptors (Lipinski definition) is 5. The predicted molar refractivity (Wildman–Crippen MR) is 86.8 cm³/mol. The molecule has 24 heavy (non-hydrogen) atoms. The number of fused-ring (bicyclic) bond motifs is 1. The average molecular weight is 330 g/mol. The van der Waals surface area contributed by atoms with E-state index < -0.39 is 17.6 Å². The van der Waals surface area contributed by atoms with Crippen LogP contribution in [0.5, 0.6) is 0 Å². The Morgan fingerprint density at radius 2 is 1.92 bits per heavy atom. The Bertz CT molecular complexity index is 823. The normalized spacial score (nSPS) is 16.0. The summed E-state index contributed by atoms with van der Waals surface area (Å²) in [6.07, 6.45) is 0. The summed E-state index contributed by atoms with van der Waals surface area (Å²) in [7, 11) is 0. The molecule has 2 heterocycles. The maximum absolute atomic E-state index is 12.3. The van der Waals surface area contributed by atoms with E-state index in [1.165, 1.54) is 6.07 Å². The molecule has 2 aromatic rings. The summed E-state index contributed by atoms with van der Waals surface area (Å²) in [6.45, 7) is 3.56. The van der Waals surface area contributed by atoms with E-state index in [1.807, 2.05) is 0 Å². The molecule has 0 aliphatic carbocycles. The number of nitrogens with one attached hydrogen (secondary N) is 1. The van der Waals surface area contributed by atoms with Crippen LogP contribution < -0.4 is 10.9 Å². The third-order valence-electron chi connectivity index (χ3n) is 3.93. The second-order valence-corrected chi connectivity index (χ2v) is 5.62. The molecule has 7 heteroatoms. The fourth-order valence-corrected chi connectivity index (χ4v) is 2.61. The molecular formula is C17H18N2O5. The van der Waals surface area contributed by atoms with E-state index in [1.54, 1.807) is 36.1 Å². The SMILES string of the molecule is C[C@@H](NC(=O)c1cc2ccccc2oc1=O)C(=O)N1CCOCC1. The fraction of sp³-hybridized carbons (Fsp3) is 0.353. The van der Waals surface area contributed by atoms with Gasteiger partial charge in [-0.15, -0.1) is 0 Å². The molecule has 0 unspecified atom stereocenters. The number of ether oxygens (including phenoxy) is 1. The minimum Gasteiger partial charge on any atom is -0.422 e. The molecule has 1 aliphatic heterocycles. The number of rotatable bonds is 3. The highest BCUT2D eigenvalue weighted by Gasteiger charge is 2.25. The van der Waals surface area contributed by atoms with Crippen LogP contribution in [0.2, 0.25) is 0 Å². The van der Waals surface area contributed by atoms with Crippen LogP contribution in [0.25, 0.3) is 11.0 Å². The number of carbonyl (C=O) groups is 2. The summed E-state index contributed by atoms with van der Waals surface area (Å²) in [5, 5.41) is 3.22. The Hall–Kier alpha value is -2.67. The lowest BCUT2D eigenvalue weighted by Crippen LogP contribution is -2.50. The lowest BCUT2D eigenvalue weighted by molar-refractivity contribution is -0.136. The van der Waals surface area contributed by atoms with Crippen molar-refractivity contribution < 1.29 is 18.7 Å². The van der Waals surface area contributed by atoms with Crippen molar-refractivity contribution >= 4 is 22.8 Å². The van der Waals surface area contributed by atoms with E-state index in [9.17, 15) is 14.4 Å². The van der Waals surface area contributed by atoms with Crippen molar-refractivity contribution in [3.05, 3.63) is 46.3 Å². The molecule has 1 aromatic heterocycles. The maximum atomic E-state index is 12.3. The molecule has 0 bridgehead atoms. The number of hydrogen-bond donors (Lipinski definition) is 1. The van der Waals surface area contributed by atoms with Crippen LogP contribution in [0, 0.1) is 0 Å². The standard InChI is InChI=1S/C17H18N2O5/c1-11(16(21)19-6-8-23-9-7-19)18-15(20)13-10-12-4-2-3-5-14(12)24-17(13)22/h2-5,10-11H,6-9H2,1H3,(H,18,20)/t11-/m1/s1. The molecule has 1 N–H and O–H groups in total. The molecule has 1 atom stereocenters. The molecule has 2 amide bonds. The van der Waals surface area contributed by atoms with E-state index >= 15 is 0 Å². The highest BCUT2D eigenvalue weighted by Crippen LogP contribution is 2.12. The Balaban J connectivity index is 1.75. The fourth-order valence-electron chi connectivity index (χ4n) is 2.61. The number of carbonyl (C=O) groups excluding carboxylic acids is 2. The van der Waals surface area contributed by atoms with E-state index in [0.29, 0.717) is 37.3 Å². The van der Waals surface area contributed by atoms with Crippen LogP contribution in [0.3, 0.4) is 0 Å². The first kappa shape index (κ1) is 16.2. The van der Waals surface area contributed by atoms with Crippen LogP contribution in [-0.2, 0) is 9.53 Å². The number of nitrogens with zero attached hydrogens (tertiary/aromatic N) is 1. The van der Waals surface area contributed by atoms with Crippen molar-refractivity contribution in [2.45, 2.75) is 13.0 Å². The van der Waals surface area contributed by atoms with Gasteiger partial charge in [-0.3, -0.25) is 9.59 Å². The van der Waals surface area contributed by atoms with Gasteiger partial charge in [0.15, 0.2) is 0 Å². The molecule has 7 nitrogen and oxygen atoms in total. The quantitative estimate of drug-likeness (QED) is 0.840. The lowest BCUT2D eigenvalue weighted by atomic mass is 10.1. The van der Waals surface area contributed by atoms with Crippen LogP contribution in [0.4, 0.5) is 0 Å². The summed E-state index contributed by atoms with van der Waals surface area (Å²) in [5.74, 6) is -0.819. The third kappa shape index (κ3) is 3.30. The Kier molecular flexibility index (Phi) is 4.61. The Morgan fingerprint density at radius 1 is 1.21 bits per heavy atom. The zero-order valence-corrected chi connectivity index (χ0v) is 13.3. The molecule has 1 aromatic carbocycles. The maximum Gasteiger partial charge on any atom is 0.349 e. The lowest BCUT2D eigenvalue weighted by Gasteiger charge is -2.29. The molecule has 0 radical (unpaired) electrons. The molecule has 1 saturated heterocycles. The van der Waals surface area contributed by atoms with Gasteiger partial charge in [-0.25, -0.2) is 4.79 Å². The molecule has 0 saturated carbocycles. The molecular weight excluding hydrogens is 312 g/mol. The van der Waals surface area contributed by atoms with E-state index in [-0.39, 0.29) is 11.5 Å². The monoisotopic (exact) mass is 330 g/mol. The summed E-state index contributed by atoms with van der Waals surface area (Å²) in [6, 6.07) is 7.67. The van der Waals surface area contributed by atoms with Gasteiger partial charge >= 0.3 is 5.63 Å². The third-order valence-corrected chi connectivity index (χ3v) is 3.93. The first-order chi connectivity index (χ1) is 11.6. The van der Waals surface area contributed by atoms with E-state index in [0.717, 1.165) is 0 Å². The Morgan fingerprint density at radius 3 is 2.67 bits per heavy atom. The minimum atomic E-state index is -0.735. The van der Waals surface area contributed by atoms with Gasteiger partial charge in [0.25, 0.3) is 5.91 Å². The van der Waals surface area contributed by atoms with Crippen LogP contribution in [0.15, 0.2) is 39.5 Å². The second kappa shape index (κ2) is 6.84. The highest BCUT2D eigenvalue weighted by atomic mass is 16.5. The van der Waals surface area contributed by atoms with Crippen LogP contribution in [-0.4, -0.2) is 49.1 Å². The molecule has 126 valence electrons. The van der Waals surface area contributed by atoms with Gasteiger partial charge in [-0.1, -0.05) is 18.2 Å². The summed E-state index contributed by atoms with van der Waals surface area (Å²) in [5.41, 5.74) is -0.427. The topological polar surface area (TPSA) is 88.8 Å². The van der Waals surface area contributed by atoms with Crippen molar-refractivity contribution in [1.82, 2.24) is 10.2 Å². The van der Waals surface area contributed by atoms with E-state index in [4.69, 9.17) is 9.15 Å². The zero-order chi connectivity index (χ0) is 17.1. The first-order valence-electron chi connectivity index (χ1n) is 7.76. The van der Waals surface area contributed by atoms with Gasteiger partial charge in [0.1, 0.15) is 17.2 Å². The van der Waals surface area contributed by atoms with Crippen molar-refractivity contribution in [3.63, 3.8) is 0 Å². The van der Waals surface area contributed by atoms with Crippen molar-refractivity contribution in [2.75, 3.05) is 26.3 Å². The first-order valence-corrected chi connectivity index (χ1v) is 7.76. The van der Waals surface area contributed by atoms with Crippen molar-refractivity contribution in [2.24, 2.45) is 0 Å². The van der Waals surface area contributed by atoms with Gasteiger partial charge in [0.2, 0.25) is 5.91 Å². The largest absolute Gasteiger partial charge is 0.422 e. The molecule has 3 rings (SSSR count). The van der Waals surface area contributed by atoms with Gasteiger partial charge in [0, 0.05) is 18.5 Å². The smallest absolute Gasteiger partial charge is 0.349 e. The number of amides is 2. The predicted octanol–water partition coefficient (Wildman–Crippen LogP) is 0.770. The molecule has 1 fully saturated rings. The van der Waals surface area contributed by atoms with E-state index in [2.05, 4.69) is 5.32 Å². The molecule has 1 aliphatic rings. The Labute approximate surface area is 138 Å². The highest BCUT2D eigenvalue weighted by molar-refractivity contribution is 5.99.